The number of ketones is 1. The molecule has 1 aliphatic carbocycles. The van der Waals surface area contributed by atoms with E-state index in [2.05, 4.69) is 6.58 Å². The summed E-state index contributed by atoms with van der Waals surface area (Å²) < 4.78 is 0. The second kappa shape index (κ2) is 6.18. The molecular weight excluding hydrogens is 256 g/mol. The quantitative estimate of drug-likeness (QED) is 0.783. The summed E-state index contributed by atoms with van der Waals surface area (Å²) in [5.74, 6) is -0.940. The van der Waals surface area contributed by atoms with E-state index < -0.39 is 11.6 Å². The fraction of sp³-hybridized carbons (Fsp3) is 0.500. The average Bonchev–Trinajstić information content (AvgIpc) is 2.37. The molecule has 0 aromatic rings. The third-order valence-electron chi connectivity index (χ3n) is 3.84. The van der Waals surface area contributed by atoms with Gasteiger partial charge in [0.2, 0.25) is 0 Å². The van der Waals surface area contributed by atoms with Gasteiger partial charge in [0.25, 0.3) is 0 Å². The number of aliphatic hydroxyl groups is 1. The van der Waals surface area contributed by atoms with E-state index in [0.29, 0.717) is 24.0 Å². The van der Waals surface area contributed by atoms with Crippen molar-refractivity contribution < 1.29 is 19.8 Å². The highest BCUT2D eigenvalue weighted by molar-refractivity contribution is 6.10. The van der Waals surface area contributed by atoms with Crippen molar-refractivity contribution in [1.29, 1.82) is 0 Å². The Hall–Kier alpha value is -1.68. The Balaban J connectivity index is 2.66. The highest BCUT2D eigenvalue weighted by Gasteiger charge is 2.25. The third kappa shape index (κ3) is 4.17. The number of aliphatic carboxylic acids is 1. The Morgan fingerprint density at radius 2 is 1.90 bits per heavy atom. The van der Waals surface area contributed by atoms with Gasteiger partial charge in [-0.2, -0.15) is 0 Å². The summed E-state index contributed by atoms with van der Waals surface area (Å²) in [6.45, 7) is 9.15. The first kappa shape index (κ1) is 16.4. The largest absolute Gasteiger partial charge is 0.481 e. The van der Waals surface area contributed by atoms with Crippen LogP contribution in [0, 0.1) is 0 Å². The average molecular weight is 278 g/mol. The van der Waals surface area contributed by atoms with E-state index >= 15 is 0 Å². The Kier molecular flexibility index (Phi) is 5.06. The lowest BCUT2D eigenvalue weighted by Gasteiger charge is -2.24. The number of carbonyl (C=O) groups excluding carboxylic acids is 1. The molecule has 1 rings (SSSR count). The summed E-state index contributed by atoms with van der Waals surface area (Å²) >= 11 is 0. The van der Waals surface area contributed by atoms with Crippen molar-refractivity contribution in [1.82, 2.24) is 0 Å². The number of carboxylic acid groups (broad SMARTS) is 1. The Morgan fingerprint density at radius 3 is 2.45 bits per heavy atom. The van der Waals surface area contributed by atoms with Crippen LogP contribution in [0.1, 0.15) is 46.5 Å². The van der Waals surface area contributed by atoms with E-state index in [0.717, 1.165) is 11.1 Å². The monoisotopic (exact) mass is 278 g/mol. The standard InChI is InChI=1S/C16H22O4/c1-10-9-13(15(19)12(3)11(10)2)5-7-16(4,20)8-6-14(17)18/h9,20H,1,5-8H2,2-4H3,(H,17,18). The van der Waals surface area contributed by atoms with Gasteiger partial charge in [-0.05, 0) is 57.3 Å². The third-order valence-corrected chi connectivity index (χ3v) is 3.84. The first-order chi connectivity index (χ1) is 9.14. The van der Waals surface area contributed by atoms with Crippen LogP contribution in [0.15, 0.2) is 34.9 Å². The molecule has 2 N–H and O–H groups in total. The summed E-state index contributed by atoms with van der Waals surface area (Å²) in [6, 6.07) is 0. The summed E-state index contributed by atoms with van der Waals surface area (Å²) in [5, 5.41) is 18.8. The van der Waals surface area contributed by atoms with Crippen LogP contribution in [0.5, 0.6) is 0 Å². The lowest BCUT2D eigenvalue weighted by molar-refractivity contribution is -0.138. The molecule has 0 saturated heterocycles. The molecular formula is C16H22O4. The fourth-order valence-corrected chi connectivity index (χ4v) is 2.13. The van der Waals surface area contributed by atoms with Crippen molar-refractivity contribution in [2.75, 3.05) is 0 Å². The molecule has 0 spiro atoms. The number of hydrogen-bond acceptors (Lipinski definition) is 3. The van der Waals surface area contributed by atoms with E-state index in [9.17, 15) is 14.7 Å². The molecule has 0 radical (unpaired) electrons. The number of carboxylic acids is 1. The van der Waals surface area contributed by atoms with Gasteiger partial charge in [0.05, 0.1) is 5.60 Å². The minimum absolute atomic E-state index is 0.0102. The van der Waals surface area contributed by atoms with Crippen molar-refractivity contribution in [2.45, 2.75) is 52.1 Å². The van der Waals surface area contributed by atoms with Gasteiger partial charge in [-0.25, -0.2) is 0 Å². The number of allylic oxidation sites excluding steroid dienone is 5. The van der Waals surface area contributed by atoms with Gasteiger partial charge in [-0.3, -0.25) is 9.59 Å². The second-order valence-electron chi connectivity index (χ2n) is 5.66. The smallest absolute Gasteiger partial charge is 0.303 e. The molecule has 4 heteroatoms. The number of rotatable bonds is 6. The van der Waals surface area contributed by atoms with Gasteiger partial charge in [0.1, 0.15) is 0 Å². The first-order valence-corrected chi connectivity index (χ1v) is 6.70. The Labute approximate surface area is 119 Å². The predicted octanol–water partition coefficient (Wildman–Crippen LogP) is 2.78. The van der Waals surface area contributed by atoms with E-state index in [1.54, 1.807) is 19.9 Å². The van der Waals surface area contributed by atoms with Gasteiger partial charge in [0.15, 0.2) is 5.78 Å². The Morgan fingerprint density at radius 1 is 1.30 bits per heavy atom. The van der Waals surface area contributed by atoms with E-state index in [4.69, 9.17) is 5.11 Å². The second-order valence-corrected chi connectivity index (χ2v) is 5.66. The van der Waals surface area contributed by atoms with E-state index in [1.165, 1.54) is 0 Å². The lowest BCUT2D eigenvalue weighted by Crippen LogP contribution is -2.26. The molecule has 1 atom stereocenters. The molecule has 0 aliphatic heterocycles. The van der Waals surface area contributed by atoms with Crippen LogP contribution in [0.25, 0.3) is 0 Å². The van der Waals surface area contributed by atoms with Crippen LogP contribution in [0.2, 0.25) is 0 Å². The van der Waals surface area contributed by atoms with Crippen molar-refractivity contribution in [2.24, 2.45) is 0 Å². The van der Waals surface area contributed by atoms with Gasteiger partial charge in [-0.15, -0.1) is 0 Å². The van der Waals surface area contributed by atoms with Crippen LogP contribution >= 0.6 is 0 Å². The van der Waals surface area contributed by atoms with Gasteiger partial charge < -0.3 is 10.2 Å². The topological polar surface area (TPSA) is 74.6 Å². The zero-order valence-corrected chi connectivity index (χ0v) is 12.3. The maximum absolute atomic E-state index is 12.1. The van der Waals surface area contributed by atoms with Crippen LogP contribution in [-0.2, 0) is 9.59 Å². The predicted molar refractivity (Wildman–Crippen MR) is 77.3 cm³/mol. The highest BCUT2D eigenvalue weighted by atomic mass is 16.4. The number of carbonyl (C=O) groups is 2. The minimum Gasteiger partial charge on any atom is -0.481 e. The zero-order chi connectivity index (χ0) is 15.5. The minimum atomic E-state index is -1.08. The highest BCUT2D eigenvalue weighted by Crippen LogP contribution is 2.29. The van der Waals surface area contributed by atoms with Crippen LogP contribution in [0.3, 0.4) is 0 Å². The molecule has 0 aromatic heterocycles. The van der Waals surface area contributed by atoms with Crippen molar-refractivity contribution >= 4 is 11.8 Å². The van der Waals surface area contributed by atoms with E-state index in [1.807, 2.05) is 6.92 Å². The number of Topliss-reactive ketones (excluding diaryl/α,β-unsaturated/α-hetero) is 1. The van der Waals surface area contributed by atoms with Crippen molar-refractivity contribution in [3.05, 3.63) is 34.9 Å². The van der Waals surface area contributed by atoms with Gasteiger partial charge in [-0.1, -0.05) is 6.58 Å². The van der Waals surface area contributed by atoms with Gasteiger partial charge >= 0.3 is 5.97 Å². The molecule has 1 unspecified atom stereocenters. The summed E-state index contributed by atoms with van der Waals surface area (Å²) in [4.78, 5) is 22.7. The molecule has 20 heavy (non-hydrogen) atoms. The summed E-state index contributed by atoms with van der Waals surface area (Å²) in [6.07, 6.45) is 2.65. The molecule has 1 aliphatic rings. The SMILES string of the molecule is C=C1C=C(CCC(C)(O)CCC(=O)O)C(=O)C(C)=C1C. The molecule has 0 aromatic carbocycles. The van der Waals surface area contributed by atoms with Gasteiger partial charge in [0, 0.05) is 17.6 Å². The maximum atomic E-state index is 12.1. The molecule has 0 saturated carbocycles. The number of hydrogen-bond donors (Lipinski definition) is 2. The van der Waals surface area contributed by atoms with Crippen molar-refractivity contribution in [3.63, 3.8) is 0 Å². The molecule has 0 amide bonds. The first-order valence-electron chi connectivity index (χ1n) is 6.70. The van der Waals surface area contributed by atoms with E-state index in [-0.39, 0.29) is 18.6 Å². The Bertz CT molecular complexity index is 507. The maximum Gasteiger partial charge on any atom is 0.303 e. The fourth-order valence-electron chi connectivity index (χ4n) is 2.13. The van der Waals surface area contributed by atoms with Crippen molar-refractivity contribution in [3.8, 4) is 0 Å². The molecule has 0 heterocycles. The molecule has 110 valence electrons. The lowest BCUT2D eigenvalue weighted by atomic mass is 9.84. The zero-order valence-electron chi connectivity index (χ0n) is 12.3. The summed E-state index contributed by atoms with van der Waals surface area (Å²) in [5.41, 5.74) is 1.97. The van der Waals surface area contributed by atoms with Crippen LogP contribution in [0.4, 0.5) is 0 Å². The molecule has 4 nitrogen and oxygen atoms in total. The normalized spacial score (nSPS) is 18.9. The molecule has 0 bridgehead atoms. The van der Waals surface area contributed by atoms with Crippen LogP contribution in [-0.4, -0.2) is 27.6 Å². The summed E-state index contributed by atoms with van der Waals surface area (Å²) in [7, 11) is 0. The van der Waals surface area contributed by atoms with Crippen LogP contribution < -0.4 is 0 Å². The molecule has 0 fully saturated rings.